The van der Waals surface area contributed by atoms with Crippen LogP contribution in [0.15, 0.2) is 66.7 Å². The van der Waals surface area contributed by atoms with E-state index in [0.717, 1.165) is 36.6 Å². The number of halogens is 3. The fourth-order valence-electron chi connectivity index (χ4n) is 5.58. The summed E-state index contributed by atoms with van der Waals surface area (Å²) in [4.78, 5) is 30.6. The predicted molar refractivity (Wildman–Crippen MR) is 174 cm³/mol. The SMILES string of the molecule is Cc1ccc(F)cc1[C@@H]1C(C(=O)Nc2cccc(Cl)c2)CCC(=O)N1CCCN1CCS(=O)CC1.Cc1cccc(Cl)c1. The van der Waals surface area contributed by atoms with E-state index in [4.69, 9.17) is 23.2 Å². The van der Waals surface area contributed by atoms with Gasteiger partial charge in [-0.1, -0.05) is 47.5 Å². The number of benzene rings is 3. The number of anilines is 1. The van der Waals surface area contributed by atoms with Crippen LogP contribution in [0.25, 0.3) is 0 Å². The smallest absolute Gasteiger partial charge is 0.229 e. The number of likely N-dealkylation sites (tertiary alicyclic amines) is 1. The zero-order valence-electron chi connectivity index (χ0n) is 24.5. The van der Waals surface area contributed by atoms with Crippen molar-refractivity contribution in [3.8, 4) is 0 Å². The molecule has 0 aliphatic carbocycles. The highest BCUT2D eigenvalue weighted by Crippen LogP contribution is 2.39. The van der Waals surface area contributed by atoms with Crippen LogP contribution >= 0.6 is 23.2 Å². The second-order valence-corrected chi connectivity index (χ2v) is 13.6. The highest BCUT2D eigenvalue weighted by Gasteiger charge is 2.41. The van der Waals surface area contributed by atoms with Crippen molar-refractivity contribution in [3.05, 3.63) is 99.3 Å². The number of piperidine rings is 1. The number of aryl methyl sites for hydroxylation is 2. The Hall–Kier alpha value is -2.78. The molecule has 0 saturated carbocycles. The molecule has 0 aromatic heterocycles. The largest absolute Gasteiger partial charge is 0.335 e. The first-order chi connectivity index (χ1) is 20.6. The number of carbonyl (C=O) groups excluding carboxylic acids is 2. The Morgan fingerprint density at radius 1 is 0.977 bits per heavy atom. The van der Waals surface area contributed by atoms with Crippen LogP contribution in [0.3, 0.4) is 0 Å². The number of hydrogen-bond donors (Lipinski definition) is 1. The molecule has 2 atom stereocenters. The van der Waals surface area contributed by atoms with Crippen molar-refractivity contribution in [2.24, 2.45) is 5.92 Å². The van der Waals surface area contributed by atoms with Gasteiger partial charge in [0.15, 0.2) is 0 Å². The molecule has 0 spiro atoms. The van der Waals surface area contributed by atoms with E-state index in [1.807, 2.05) is 38.1 Å². The molecule has 0 bridgehead atoms. The van der Waals surface area contributed by atoms with Crippen LogP contribution in [0.5, 0.6) is 0 Å². The molecule has 2 amide bonds. The lowest BCUT2D eigenvalue weighted by Crippen LogP contribution is -2.48. The standard InChI is InChI=1S/C26H31ClFN3O3S.C7H7Cl/c1-18-6-7-20(28)17-23(18)25-22(26(33)29-21-5-2-4-19(27)16-21)8-9-24(32)31(25)11-3-10-30-12-14-35(34)15-13-30;1-6-3-2-4-7(8)5-6/h2,4-7,16-17,22,25H,3,8-15H2,1H3,(H,29,33);2-5H,1H3/t22?,25-;/m0./s1. The molecule has 1 N–H and O–H groups in total. The van der Waals surface area contributed by atoms with Crippen LogP contribution in [0.2, 0.25) is 10.0 Å². The molecule has 2 aliphatic rings. The summed E-state index contributed by atoms with van der Waals surface area (Å²) in [5.41, 5.74) is 3.30. The summed E-state index contributed by atoms with van der Waals surface area (Å²) in [5.74, 6) is 0.213. The monoisotopic (exact) mass is 645 g/mol. The summed E-state index contributed by atoms with van der Waals surface area (Å²) in [6, 6.07) is 18.7. The van der Waals surface area contributed by atoms with E-state index in [2.05, 4.69) is 10.2 Å². The number of hydrogen-bond acceptors (Lipinski definition) is 4. The topological polar surface area (TPSA) is 69.7 Å². The van der Waals surface area contributed by atoms with Gasteiger partial charge in [-0.05, 0) is 92.4 Å². The summed E-state index contributed by atoms with van der Waals surface area (Å²) in [6.45, 7) is 6.74. The number of nitrogens with zero attached hydrogens (tertiary/aromatic N) is 2. The highest BCUT2D eigenvalue weighted by atomic mass is 35.5. The summed E-state index contributed by atoms with van der Waals surface area (Å²) >= 11 is 11.7. The maximum atomic E-state index is 14.3. The van der Waals surface area contributed by atoms with Gasteiger partial charge in [-0.3, -0.25) is 13.8 Å². The van der Waals surface area contributed by atoms with E-state index in [-0.39, 0.29) is 24.1 Å². The second kappa shape index (κ2) is 15.8. The predicted octanol–water partition coefficient (Wildman–Crippen LogP) is 6.81. The lowest BCUT2D eigenvalue weighted by molar-refractivity contribution is -0.142. The zero-order valence-corrected chi connectivity index (χ0v) is 26.9. The van der Waals surface area contributed by atoms with Crippen molar-refractivity contribution in [1.29, 1.82) is 0 Å². The van der Waals surface area contributed by atoms with Crippen molar-refractivity contribution in [1.82, 2.24) is 9.80 Å². The third kappa shape index (κ3) is 9.60. The van der Waals surface area contributed by atoms with Gasteiger partial charge in [-0.15, -0.1) is 0 Å². The number of amides is 2. The van der Waals surface area contributed by atoms with Crippen LogP contribution in [0.1, 0.15) is 42.0 Å². The van der Waals surface area contributed by atoms with Crippen molar-refractivity contribution in [3.63, 3.8) is 0 Å². The van der Waals surface area contributed by atoms with E-state index in [0.29, 0.717) is 40.7 Å². The minimum atomic E-state index is -0.735. The molecule has 6 nitrogen and oxygen atoms in total. The van der Waals surface area contributed by atoms with Crippen LogP contribution in [-0.4, -0.2) is 63.5 Å². The summed E-state index contributed by atoms with van der Waals surface area (Å²) in [7, 11) is -0.735. The van der Waals surface area contributed by atoms with Gasteiger partial charge in [-0.2, -0.15) is 0 Å². The first kappa shape index (κ1) is 33.1. The second-order valence-electron chi connectivity index (χ2n) is 11.0. The van der Waals surface area contributed by atoms with Gasteiger partial charge in [-0.25, -0.2) is 4.39 Å². The molecule has 230 valence electrons. The normalized spacial score (nSPS) is 19.5. The minimum Gasteiger partial charge on any atom is -0.335 e. The van der Waals surface area contributed by atoms with E-state index in [1.165, 1.54) is 17.7 Å². The average molecular weight is 647 g/mol. The van der Waals surface area contributed by atoms with E-state index >= 15 is 0 Å². The fraction of sp³-hybridized carbons (Fsp3) is 0.394. The van der Waals surface area contributed by atoms with Gasteiger partial charge < -0.3 is 15.1 Å². The Bertz CT molecular complexity index is 1430. The van der Waals surface area contributed by atoms with Gasteiger partial charge in [0.05, 0.1) is 12.0 Å². The fourth-order valence-corrected chi connectivity index (χ4v) is 7.14. The molecule has 2 fully saturated rings. The molecule has 2 aliphatic heterocycles. The molecule has 3 aromatic rings. The lowest BCUT2D eigenvalue weighted by Gasteiger charge is -2.42. The summed E-state index contributed by atoms with van der Waals surface area (Å²) < 4.78 is 26.0. The Balaban J connectivity index is 0.000000458. The molecule has 43 heavy (non-hydrogen) atoms. The maximum absolute atomic E-state index is 14.3. The number of rotatable bonds is 7. The van der Waals surface area contributed by atoms with Crippen molar-refractivity contribution in [2.75, 3.05) is 43.0 Å². The van der Waals surface area contributed by atoms with E-state index < -0.39 is 22.8 Å². The van der Waals surface area contributed by atoms with Crippen LogP contribution < -0.4 is 5.32 Å². The Morgan fingerprint density at radius 2 is 1.67 bits per heavy atom. The van der Waals surface area contributed by atoms with Crippen molar-refractivity contribution >= 4 is 51.5 Å². The molecule has 0 radical (unpaired) electrons. The maximum Gasteiger partial charge on any atom is 0.229 e. The zero-order chi connectivity index (χ0) is 30.9. The molecule has 1 unspecified atom stereocenters. The van der Waals surface area contributed by atoms with Gasteiger partial charge >= 0.3 is 0 Å². The third-order valence-corrected chi connectivity index (χ3v) is 9.57. The van der Waals surface area contributed by atoms with Crippen molar-refractivity contribution < 1.29 is 18.2 Å². The Labute approximate surface area is 266 Å². The minimum absolute atomic E-state index is 0.0229. The number of carbonyl (C=O) groups is 2. The summed E-state index contributed by atoms with van der Waals surface area (Å²) in [6.07, 6.45) is 1.38. The Morgan fingerprint density at radius 3 is 2.33 bits per heavy atom. The number of nitrogens with one attached hydrogen (secondary N) is 1. The van der Waals surface area contributed by atoms with Gasteiger partial charge in [0.2, 0.25) is 11.8 Å². The molecular formula is C33H38Cl2FN3O3S. The molecule has 3 aromatic carbocycles. The molecule has 5 rings (SSSR count). The van der Waals surface area contributed by atoms with E-state index in [9.17, 15) is 18.2 Å². The first-order valence-corrected chi connectivity index (χ1v) is 16.8. The van der Waals surface area contributed by atoms with Crippen molar-refractivity contribution in [2.45, 2.75) is 39.2 Å². The molecule has 2 saturated heterocycles. The van der Waals surface area contributed by atoms with Gasteiger partial charge in [0, 0.05) is 64.1 Å². The van der Waals surface area contributed by atoms with Gasteiger partial charge in [0.1, 0.15) is 5.82 Å². The molecule has 10 heteroatoms. The summed E-state index contributed by atoms with van der Waals surface area (Å²) in [5, 5.41) is 4.27. The average Bonchev–Trinajstić information content (AvgIpc) is 2.96. The Kier molecular flexibility index (Phi) is 12.2. The third-order valence-electron chi connectivity index (χ3n) is 7.82. The van der Waals surface area contributed by atoms with Gasteiger partial charge in [0.25, 0.3) is 0 Å². The molecular weight excluding hydrogens is 608 g/mol. The van der Waals surface area contributed by atoms with Crippen LogP contribution in [-0.2, 0) is 20.4 Å². The first-order valence-electron chi connectivity index (χ1n) is 14.5. The highest BCUT2D eigenvalue weighted by molar-refractivity contribution is 7.85. The molecule has 2 heterocycles. The van der Waals surface area contributed by atoms with Crippen LogP contribution in [0.4, 0.5) is 10.1 Å². The quantitative estimate of drug-likeness (QED) is 0.307. The lowest BCUT2D eigenvalue weighted by atomic mass is 9.81. The van der Waals surface area contributed by atoms with Crippen LogP contribution in [0, 0.1) is 25.6 Å². The van der Waals surface area contributed by atoms with E-state index in [1.54, 1.807) is 35.2 Å².